The molecule has 1 aliphatic rings. The van der Waals surface area contributed by atoms with Gasteiger partial charge in [0.1, 0.15) is 0 Å². The maximum Gasteiger partial charge on any atom is 0.224 e. The molecule has 1 rings (SSSR count). The van der Waals surface area contributed by atoms with Crippen LogP contribution in [0.1, 0.15) is 33.6 Å². The maximum atomic E-state index is 11.8. The average molecular weight is 242 g/mol. The van der Waals surface area contributed by atoms with Crippen molar-refractivity contribution in [2.75, 3.05) is 26.2 Å². The lowest BCUT2D eigenvalue weighted by molar-refractivity contribution is -0.124. The Balaban J connectivity index is 2.18. The van der Waals surface area contributed by atoms with Crippen molar-refractivity contribution in [1.29, 1.82) is 0 Å². The molecule has 4 heteroatoms. The van der Waals surface area contributed by atoms with Crippen molar-refractivity contribution in [3.8, 4) is 0 Å². The molecule has 2 atom stereocenters. The van der Waals surface area contributed by atoms with Gasteiger partial charge < -0.3 is 15.4 Å². The van der Waals surface area contributed by atoms with Crippen molar-refractivity contribution in [2.24, 2.45) is 11.8 Å². The zero-order valence-electron chi connectivity index (χ0n) is 11.3. The number of ether oxygens (including phenoxy) is 1. The molecule has 0 aromatic carbocycles. The van der Waals surface area contributed by atoms with Crippen LogP contribution in [0.3, 0.4) is 0 Å². The van der Waals surface area contributed by atoms with Crippen molar-refractivity contribution in [1.82, 2.24) is 10.6 Å². The zero-order valence-corrected chi connectivity index (χ0v) is 11.3. The van der Waals surface area contributed by atoms with Crippen molar-refractivity contribution >= 4 is 5.91 Å². The van der Waals surface area contributed by atoms with Gasteiger partial charge in [0.25, 0.3) is 0 Å². The minimum atomic E-state index is 0.166. The van der Waals surface area contributed by atoms with Gasteiger partial charge in [0.15, 0.2) is 0 Å². The van der Waals surface area contributed by atoms with Crippen LogP contribution in [0.5, 0.6) is 0 Å². The highest BCUT2D eigenvalue weighted by atomic mass is 16.5. The molecule has 17 heavy (non-hydrogen) atoms. The van der Waals surface area contributed by atoms with Crippen LogP contribution >= 0.6 is 0 Å². The Morgan fingerprint density at radius 2 is 2.29 bits per heavy atom. The van der Waals surface area contributed by atoms with E-state index in [1.165, 1.54) is 0 Å². The fourth-order valence-corrected chi connectivity index (χ4v) is 2.18. The van der Waals surface area contributed by atoms with Gasteiger partial charge in [-0.3, -0.25) is 4.79 Å². The smallest absolute Gasteiger partial charge is 0.224 e. The summed E-state index contributed by atoms with van der Waals surface area (Å²) in [5.41, 5.74) is 0. The van der Waals surface area contributed by atoms with E-state index in [1.54, 1.807) is 0 Å². The number of carbonyl (C=O) groups is 1. The predicted octanol–water partition coefficient (Wildman–Crippen LogP) is 1.16. The summed E-state index contributed by atoms with van der Waals surface area (Å²) in [5, 5.41) is 6.21. The molecule has 1 amide bonds. The van der Waals surface area contributed by atoms with Gasteiger partial charge in [-0.1, -0.05) is 13.8 Å². The van der Waals surface area contributed by atoms with Crippen LogP contribution in [-0.4, -0.2) is 38.3 Å². The lowest BCUT2D eigenvalue weighted by atomic mass is 10.0. The first-order chi connectivity index (χ1) is 8.15. The van der Waals surface area contributed by atoms with E-state index in [-0.39, 0.29) is 17.9 Å². The largest absolute Gasteiger partial charge is 0.378 e. The minimum absolute atomic E-state index is 0.166. The average Bonchev–Trinajstić information content (AvgIpc) is 2.81. The van der Waals surface area contributed by atoms with Crippen molar-refractivity contribution in [3.63, 3.8) is 0 Å². The molecule has 1 fully saturated rings. The van der Waals surface area contributed by atoms with E-state index in [4.69, 9.17) is 4.74 Å². The standard InChI is InChI=1S/C13H26N2O2/c1-4-17-12(10(2)3)6-8-15-13(16)11-5-7-14-9-11/h10-12,14H,4-9H2,1-3H3,(H,15,16). The second-order valence-corrected chi connectivity index (χ2v) is 5.01. The van der Waals surface area contributed by atoms with Crippen LogP contribution in [-0.2, 0) is 9.53 Å². The third kappa shape index (κ3) is 5.04. The number of rotatable bonds is 7. The molecule has 0 saturated carbocycles. The third-order valence-electron chi connectivity index (χ3n) is 3.28. The monoisotopic (exact) mass is 242 g/mol. The third-order valence-corrected chi connectivity index (χ3v) is 3.28. The second kappa shape index (κ2) is 7.67. The van der Waals surface area contributed by atoms with Gasteiger partial charge in [0.05, 0.1) is 12.0 Å². The van der Waals surface area contributed by atoms with Crippen LogP contribution in [0.25, 0.3) is 0 Å². The van der Waals surface area contributed by atoms with Gasteiger partial charge in [-0.25, -0.2) is 0 Å². The maximum absolute atomic E-state index is 11.8. The summed E-state index contributed by atoms with van der Waals surface area (Å²) in [6.07, 6.45) is 2.12. The number of carbonyl (C=O) groups excluding carboxylic acids is 1. The molecule has 100 valence electrons. The van der Waals surface area contributed by atoms with Gasteiger partial charge in [-0.2, -0.15) is 0 Å². The SMILES string of the molecule is CCOC(CCNC(=O)C1CCNC1)C(C)C. The highest BCUT2D eigenvalue weighted by molar-refractivity contribution is 5.79. The molecule has 0 radical (unpaired) electrons. The van der Waals surface area contributed by atoms with Gasteiger partial charge in [0.2, 0.25) is 5.91 Å². The summed E-state index contributed by atoms with van der Waals surface area (Å²) in [5.74, 6) is 0.855. The number of hydrogen-bond acceptors (Lipinski definition) is 3. The van der Waals surface area contributed by atoms with Crippen LogP contribution in [0.4, 0.5) is 0 Å². The molecule has 4 nitrogen and oxygen atoms in total. The molecule has 1 aliphatic heterocycles. The molecular weight excluding hydrogens is 216 g/mol. The van der Waals surface area contributed by atoms with Crippen LogP contribution in [0.15, 0.2) is 0 Å². The molecule has 2 unspecified atom stereocenters. The number of nitrogens with one attached hydrogen (secondary N) is 2. The predicted molar refractivity (Wildman–Crippen MR) is 68.9 cm³/mol. The minimum Gasteiger partial charge on any atom is -0.378 e. The molecule has 0 aromatic heterocycles. The molecule has 1 heterocycles. The van der Waals surface area contributed by atoms with E-state index in [0.717, 1.165) is 39.1 Å². The van der Waals surface area contributed by atoms with E-state index in [9.17, 15) is 4.79 Å². The molecular formula is C13H26N2O2. The van der Waals surface area contributed by atoms with Crippen molar-refractivity contribution in [3.05, 3.63) is 0 Å². The highest BCUT2D eigenvalue weighted by Gasteiger charge is 2.22. The summed E-state index contributed by atoms with van der Waals surface area (Å²) in [4.78, 5) is 11.8. The lowest BCUT2D eigenvalue weighted by Gasteiger charge is -2.21. The summed E-state index contributed by atoms with van der Waals surface area (Å²) in [6.45, 7) is 9.57. The van der Waals surface area contributed by atoms with Crippen LogP contribution < -0.4 is 10.6 Å². The van der Waals surface area contributed by atoms with E-state index in [1.807, 2.05) is 6.92 Å². The van der Waals surface area contributed by atoms with Crippen LogP contribution in [0.2, 0.25) is 0 Å². The Morgan fingerprint density at radius 3 is 2.82 bits per heavy atom. The normalized spacial score (nSPS) is 21.8. The first-order valence-electron chi connectivity index (χ1n) is 6.75. The van der Waals surface area contributed by atoms with Gasteiger partial charge >= 0.3 is 0 Å². The highest BCUT2D eigenvalue weighted by Crippen LogP contribution is 2.11. The number of hydrogen-bond donors (Lipinski definition) is 2. The molecule has 0 spiro atoms. The Morgan fingerprint density at radius 1 is 1.53 bits per heavy atom. The summed E-state index contributed by atoms with van der Waals surface area (Å²) < 4.78 is 5.65. The molecule has 0 aromatic rings. The van der Waals surface area contributed by atoms with E-state index < -0.39 is 0 Å². The second-order valence-electron chi connectivity index (χ2n) is 5.01. The van der Waals surface area contributed by atoms with Gasteiger partial charge in [0, 0.05) is 19.7 Å². The van der Waals surface area contributed by atoms with E-state index in [0.29, 0.717) is 5.92 Å². The van der Waals surface area contributed by atoms with Gasteiger partial charge in [-0.15, -0.1) is 0 Å². The van der Waals surface area contributed by atoms with Gasteiger partial charge in [-0.05, 0) is 32.2 Å². The molecule has 0 aliphatic carbocycles. The Kier molecular flexibility index (Phi) is 6.52. The van der Waals surface area contributed by atoms with Crippen molar-refractivity contribution in [2.45, 2.75) is 39.7 Å². The van der Waals surface area contributed by atoms with E-state index in [2.05, 4.69) is 24.5 Å². The summed E-state index contributed by atoms with van der Waals surface area (Å²) >= 11 is 0. The summed E-state index contributed by atoms with van der Waals surface area (Å²) in [7, 11) is 0. The Bertz CT molecular complexity index is 225. The van der Waals surface area contributed by atoms with Crippen LogP contribution in [0, 0.1) is 11.8 Å². The van der Waals surface area contributed by atoms with E-state index >= 15 is 0 Å². The lowest BCUT2D eigenvalue weighted by Crippen LogP contribution is -2.35. The fraction of sp³-hybridized carbons (Fsp3) is 0.923. The topological polar surface area (TPSA) is 50.4 Å². The van der Waals surface area contributed by atoms with Crippen molar-refractivity contribution < 1.29 is 9.53 Å². The summed E-state index contributed by atoms with van der Waals surface area (Å²) in [6, 6.07) is 0. The zero-order chi connectivity index (χ0) is 12.7. The quantitative estimate of drug-likeness (QED) is 0.704. The Hall–Kier alpha value is -0.610. The number of amides is 1. The molecule has 2 N–H and O–H groups in total. The molecule has 1 saturated heterocycles. The first-order valence-corrected chi connectivity index (χ1v) is 6.75. The Labute approximate surface area is 104 Å². The first kappa shape index (κ1) is 14.5. The molecule has 0 bridgehead atoms. The fourth-order valence-electron chi connectivity index (χ4n) is 2.18.